The van der Waals surface area contributed by atoms with E-state index in [2.05, 4.69) is 10.0 Å². The Bertz CT molecular complexity index is 951. The number of sulfonamides is 1. The quantitative estimate of drug-likeness (QED) is 0.757. The number of rotatable bonds is 7. The van der Waals surface area contributed by atoms with Gasteiger partial charge in [0.25, 0.3) is 10.0 Å². The van der Waals surface area contributed by atoms with Crippen molar-refractivity contribution >= 4 is 21.6 Å². The second-order valence-electron chi connectivity index (χ2n) is 6.36. The summed E-state index contributed by atoms with van der Waals surface area (Å²) in [5.74, 6) is 0.767. The summed E-state index contributed by atoms with van der Waals surface area (Å²) < 4.78 is 38.1. The molecule has 0 aromatic heterocycles. The largest absolute Gasteiger partial charge is 0.493 e. The van der Waals surface area contributed by atoms with Gasteiger partial charge in [-0.05, 0) is 42.7 Å². The molecule has 27 heavy (non-hydrogen) atoms. The predicted octanol–water partition coefficient (Wildman–Crippen LogP) is 2.28. The Hall–Kier alpha value is -2.74. The van der Waals surface area contributed by atoms with Gasteiger partial charge in [0.05, 0.1) is 24.5 Å². The highest BCUT2D eigenvalue weighted by Crippen LogP contribution is 2.48. The fraction of sp³-hybridized carbons (Fsp3) is 0.316. The highest BCUT2D eigenvalue weighted by molar-refractivity contribution is 7.92. The first-order valence-electron chi connectivity index (χ1n) is 8.44. The maximum atomic E-state index is 12.6. The van der Waals surface area contributed by atoms with Crippen LogP contribution in [-0.2, 0) is 20.2 Å². The van der Waals surface area contributed by atoms with Gasteiger partial charge in [-0.15, -0.1) is 0 Å². The summed E-state index contributed by atoms with van der Waals surface area (Å²) in [6.45, 7) is 0. The third-order valence-corrected chi connectivity index (χ3v) is 6.15. The van der Waals surface area contributed by atoms with Crippen LogP contribution in [-0.4, -0.2) is 35.6 Å². The van der Waals surface area contributed by atoms with Crippen LogP contribution in [0.1, 0.15) is 18.4 Å². The van der Waals surface area contributed by atoms with Crippen LogP contribution >= 0.6 is 0 Å². The molecule has 7 nitrogen and oxygen atoms in total. The number of amides is 1. The Morgan fingerprint density at radius 2 is 1.63 bits per heavy atom. The molecule has 1 saturated carbocycles. The number of ether oxygens (including phenoxy) is 2. The molecule has 1 fully saturated rings. The smallest absolute Gasteiger partial charge is 0.262 e. The summed E-state index contributed by atoms with van der Waals surface area (Å²) in [6.07, 6.45) is 1.59. The first-order valence-corrected chi connectivity index (χ1v) is 9.92. The third-order valence-electron chi connectivity index (χ3n) is 4.77. The predicted molar refractivity (Wildman–Crippen MR) is 102 cm³/mol. The molecule has 0 bridgehead atoms. The number of carbonyl (C=O) groups excluding carboxylic acids is 1. The van der Waals surface area contributed by atoms with E-state index in [0.29, 0.717) is 17.2 Å². The van der Waals surface area contributed by atoms with Gasteiger partial charge >= 0.3 is 0 Å². The van der Waals surface area contributed by atoms with Gasteiger partial charge in [0, 0.05) is 18.8 Å². The molecule has 1 aliphatic carbocycles. The van der Waals surface area contributed by atoms with E-state index in [-0.39, 0.29) is 10.8 Å². The van der Waals surface area contributed by atoms with E-state index in [4.69, 9.17) is 9.47 Å². The van der Waals surface area contributed by atoms with Crippen LogP contribution in [0.2, 0.25) is 0 Å². The first-order chi connectivity index (χ1) is 12.9. The van der Waals surface area contributed by atoms with Gasteiger partial charge in [-0.2, -0.15) is 0 Å². The van der Waals surface area contributed by atoms with Crippen LogP contribution in [0.15, 0.2) is 47.4 Å². The summed E-state index contributed by atoms with van der Waals surface area (Å²) in [5.41, 5.74) is 0.826. The van der Waals surface area contributed by atoms with E-state index in [9.17, 15) is 13.2 Å². The lowest BCUT2D eigenvalue weighted by atomic mass is 9.95. The minimum Gasteiger partial charge on any atom is -0.493 e. The van der Waals surface area contributed by atoms with Gasteiger partial charge in [-0.25, -0.2) is 8.42 Å². The van der Waals surface area contributed by atoms with Crippen LogP contribution in [0, 0.1) is 0 Å². The van der Waals surface area contributed by atoms with Crippen LogP contribution in [0.4, 0.5) is 5.69 Å². The number of likely N-dealkylation sites (N-methyl/N-ethyl adjacent to an activating group) is 1. The lowest BCUT2D eigenvalue weighted by Crippen LogP contribution is -2.31. The summed E-state index contributed by atoms with van der Waals surface area (Å²) in [5, 5.41) is 2.69. The zero-order valence-electron chi connectivity index (χ0n) is 15.4. The number of hydrogen-bond donors (Lipinski definition) is 2. The van der Waals surface area contributed by atoms with Crippen molar-refractivity contribution in [1.29, 1.82) is 0 Å². The van der Waals surface area contributed by atoms with E-state index in [0.717, 1.165) is 18.4 Å². The molecular weight excluding hydrogens is 368 g/mol. The average molecular weight is 390 g/mol. The molecule has 8 heteroatoms. The van der Waals surface area contributed by atoms with Crippen LogP contribution in [0.5, 0.6) is 11.5 Å². The number of hydrogen-bond acceptors (Lipinski definition) is 5. The SMILES string of the molecule is CNC(=O)C1(c2ccc(NS(=O)(=O)c3ccc(OC)c(OC)c3)cc2)CC1. The first kappa shape index (κ1) is 19.0. The molecule has 3 rings (SSSR count). The van der Waals surface area contributed by atoms with Crippen molar-refractivity contribution in [3.8, 4) is 11.5 Å². The fourth-order valence-electron chi connectivity index (χ4n) is 3.07. The van der Waals surface area contributed by atoms with Gasteiger partial charge in [0.1, 0.15) is 0 Å². The van der Waals surface area contributed by atoms with Gasteiger partial charge in [-0.3, -0.25) is 9.52 Å². The topological polar surface area (TPSA) is 93.7 Å². The number of carbonyl (C=O) groups is 1. The Labute approximate surface area is 158 Å². The van der Waals surface area contributed by atoms with E-state index in [1.54, 1.807) is 31.3 Å². The van der Waals surface area contributed by atoms with Crippen molar-refractivity contribution in [2.75, 3.05) is 26.0 Å². The number of nitrogens with one attached hydrogen (secondary N) is 2. The summed E-state index contributed by atoms with van der Waals surface area (Å²) >= 11 is 0. The minimum absolute atomic E-state index is 0.0128. The Kier molecular flexibility index (Phi) is 5.01. The average Bonchev–Trinajstić information content (AvgIpc) is 3.49. The molecule has 0 aliphatic heterocycles. The highest BCUT2D eigenvalue weighted by atomic mass is 32.2. The summed E-state index contributed by atoms with van der Waals surface area (Å²) in [6, 6.07) is 11.3. The maximum Gasteiger partial charge on any atom is 0.262 e. The van der Waals surface area contributed by atoms with Gasteiger partial charge in [-0.1, -0.05) is 12.1 Å². The molecule has 0 atom stereocenters. The molecule has 1 aliphatic rings. The molecule has 0 unspecified atom stereocenters. The van der Waals surface area contributed by atoms with Crippen molar-refractivity contribution in [2.24, 2.45) is 0 Å². The normalized spacial score (nSPS) is 14.9. The monoisotopic (exact) mass is 390 g/mol. The lowest BCUT2D eigenvalue weighted by molar-refractivity contribution is -0.123. The van der Waals surface area contributed by atoms with E-state index in [1.165, 1.54) is 32.4 Å². The van der Waals surface area contributed by atoms with Gasteiger partial charge in [0.15, 0.2) is 11.5 Å². The lowest BCUT2D eigenvalue weighted by Gasteiger charge is -2.15. The molecule has 2 N–H and O–H groups in total. The van der Waals surface area contributed by atoms with Gasteiger partial charge < -0.3 is 14.8 Å². The Morgan fingerprint density at radius 3 is 2.15 bits per heavy atom. The second-order valence-corrected chi connectivity index (χ2v) is 8.04. The van der Waals surface area contributed by atoms with Gasteiger partial charge in [0.2, 0.25) is 5.91 Å². The Morgan fingerprint density at radius 1 is 1.00 bits per heavy atom. The van der Waals surface area contributed by atoms with Crippen molar-refractivity contribution < 1.29 is 22.7 Å². The molecule has 144 valence electrons. The molecule has 0 saturated heterocycles. The standard InChI is InChI=1S/C19H22N2O5S/c1-20-18(22)19(10-11-19)13-4-6-14(7-5-13)21-27(23,24)15-8-9-16(25-2)17(12-15)26-3/h4-9,12,21H,10-11H2,1-3H3,(H,20,22). The zero-order chi connectivity index (χ0) is 19.7. The molecule has 2 aromatic carbocycles. The zero-order valence-corrected chi connectivity index (χ0v) is 16.2. The Balaban J connectivity index is 1.81. The molecule has 0 radical (unpaired) electrons. The van der Waals surface area contributed by atoms with Crippen molar-refractivity contribution in [1.82, 2.24) is 5.32 Å². The van der Waals surface area contributed by atoms with Crippen molar-refractivity contribution in [3.63, 3.8) is 0 Å². The highest BCUT2D eigenvalue weighted by Gasteiger charge is 2.50. The number of anilines is 1. The van der Waals surface area contributed by atoms with Crippen molar-refractivity contribution in [2.45, 2.75) is 23.2 Å². The summed E-state index contributed by atoms with van der Waals surface area (Å²) in [7, 11) is 0.758. The molecule has 1 amide bonds. The number of methoxy groups -OCH3 is 2. The van der Waals surface area contributed by atoms with Crippen molar-refractivity contribution in [3.05, 3.63) is 48.0 Å². The van der Waals surface area contributed by atoms with Crippen LogP contribution in [0.3, 0.4) is 0 Å². The maximum absolute atomic E-state index is 12.6. The minimum atomic E-state index is -3.79. The number of benzene rings is 2. The van der Waals surface area contributed by atoms with Crippen LogP contribution in [0.25, 0.3) is 0 Å². The molecular formula is C19H22N2O5S. The van der Waals surface area contributed by atoms with E-state index < -0.39 is 15.4 Å². The van der Waals surface area contributed by atoms with E-state index in [1.807, 2.05) is 0 Å². The fourth-order valence-corrected chi connectivity index (χ4v) is 4.14. The second kappa shape index (κ2) is 7.11. The third kappa shape index (κ3) is 3.57. The molecule has 2 aromatic rings. The summed E-state index contributed by atoms with van der Waals surface area (Å²) in [4.78, 5) is 12.1. The van der Waals surface area contributed by atoms with Crippen LogP contribution < -0.4 is 19.5 Å². The van der Waals surface area contributed by atoms with E-state index >= 15 is 0 Å². The molecule has 0 heterocycles. The molecule has 0 spiro atoms.